The van der Waals surface area contributed by atoms with Gasteiger partial charge >= 0.3 is 12.3 Å². The molecule has 0 radical (unpaired) electrons. The third-order valence-electron chi connectivity index (χ3n) is 4.51. The third-order valence-corrected chi connectivity index (χ3v) is 4.51. The Morgan fingerprint density at radius 2 is 1.96 bits per heavy atom. The van der Waals surface area contributed by atoms with Crippen LogP contribution in [-0.4, -0.2) is 42.1 Å². The first-order valence-corrected chi connectivity index (χ1v) is 7.73. The molecular formula is C16H17F3N2O3. The van der Waals surface area contributed by atoms with Crippen molar-refractivity contribution >= 4 is 12.0 Å². The van der Waals surface area contributed by atoms with E-state index in [0.29, 0.717) is 32.4 Å². The summed E-state index contributed by atoms with van der Waals surface area (Å²) >= 11 is 0. The maximum atomic E-state index is 13.1. The van der Waals surface area contributed by atoms with Gasteiger partial charge in [0.05, 0.1) is 17.7 Å². The highest BCUT2D eigenvalue weighted by Gasteiger charge is 2.42. The molecule has 8 heteroatoms. The number of alkyl halides is 3. The van der Waals surface area contributed by atoms with Gasteiger partial charge in [-0.05, 0) is 25.0 Å². The van der Waals surface area contributed by atoms with E-state index >= 15 is 0 Å². The van der Waals surface area contributed by atoms with Crippen LogP contribution in [0.5, 0.6) is 0 Å². The molecule has 0 aromatic heterocycles. The van der Waals surface area contributed by atoms with E-state index in [1.807, 2.05) is 0 Å². The molecule has 0 aliphatic carbocycles. The average molecular weight is 342 g/mol. The summed E-state index contributed by atoms with van der Waals surface area (Å²) < 4.78 is 44.6. The molecule has 1 N–H and O–H groups in total. The van der Waals surface area contributed by atoms with Crippen LogP contribution in [0.25, 0.3) is 0 Å². The number of likely N-dealkylation sites (tertiary alicyclic amines) is 1. The fourth-order valence-corrected chi connectivity index (χ4v) is 3.24. The van der Waals surface area contributed by atoms with Crippen LogP contribution in [0.3, 0.4) is 0 Å². The lowest BCUT2D eigenvalue weighted by Crippen LogP contribution is -2.37. The van der Waals surface area contributed by atoms with Gasteiger partial charge < -0.3 is 15.0 Å². The first-order chi connectivity index (χ1) is 11.3. The molecule has 3 rings (SSSR count). The first-order valence-electron chi connectivity index (χ1n) is 7.73. The molecule has 0 saturated carbocycles. The second-order valence-corrected chi connectivity index (χ2v) is 6.12. The summed E-state index contributed by atoms with van der Waals surface area (Å²) in [6.07, 6.45) is -3.52. The normalized spacial score (nSPS) is 24.5. The number of benzene rings is 1. The van der Waals surface area contributed by atoms with Gasteiger partial charge in [-0.1, -0.05) is 12.1 Å². The van der Waals surface area contributed by atoms with E-state index in [4.69, 9.17) is 4.74 Å². The lowest BCUT2D eigenvalue weighted by atomic mass is 9.95. The molecule has 2 aliphatic heterocycles. The smallest absolute Gasteiger partial charge is 0.417 e. The second kappa shape index (κ2) is 5.99. The molecule has 24 heavy (non-hydrogen) atoms. The Balaban J connectivity index is 1.78. The Labute approximate surface area is 136 Å². The van der Waals surface area contributed by atoms with E-state index < -0.39 is 29.3 Å². The number of carbonyl (C=O) groups excluding carboxylic acids is 2. The van der Waals surface area contributed by atoms with Crippen LogP contribution in [0.4, 0.5) is 18.0 Å². The molecule has 2 amide bonds. The SMILES string of the molecule is O=C1NC[C@]2(CCCN(C(=O)c3ccccc3C(F)(F)F)CC2)O1. The highest BCUT2D eigenvalue weighted by molar-refractivity contribution is 5.96. The van der Waals surface area contributed by atoms with Gasteiger partial charge in [0.2, 0.25) is 0 Å². The summed E-state index contributed by atoms with van der Waals surface area (Å²) in [7, 11) is 0. The zero-order chi connectivity index (χ0) is 17.4. The maximum Gasteiger partial charge on any atom is 0.417 e. The second-order valence-electron chi connectivity index (χ2n) is 6.12. The monoisotopic (exact) mass is 342 g/mol. The van der Waals surface area contributed by atoms with Crippen molar-refractivity contribution in [1.82, 2.24) is 10.2 Å². The molecule has 130 valence electrons. The number of carbonyl (C=O) groups is 2. The summed E-state index contributed by atoms with van der Waals surface area (Å²) in [6, 6.07) is 4.79. The summed E-state index contributed by atoms with van der Waals surface area (Å²) in [5.74, 6) is -0.641. The van der Waals surface area contributed by atoms with Gasteiger partial charge in [-0.15, -0.1) is 0 Å². The number of alkyl carbamates (subject to hydrolysis) is 1. The van der Waals surface area contributed by atoms with Gasteiger partial charge in [0.15, 0.2) is 0 Å². The van der Waals surface area contributed by atoms with Crippen molar-refractivity contribution in [2.24, 2.45) is 0 Å². The number of halogens is 3. The van der Waals surface area contributed by atoms with Crippen LogP contribution >= 0.6 is 0 Å². The Kier molecular flexibility index (Phi) is 4.15. The van der Waals surface area contributed by atoms with E-state index in [-0.39, 0.29) is 12.1 Å². The molecule has 2 heterocycles. The Bertz CT molecular complexity index is 662. The number of nitrogens with one attached hydrogen (secondary N) is 1. The number of amides is 2. The molecule has 1 atom stereocenters. The van der Waals surface area contributed by atoms with Crippen molar-refractivity contribution in [3.8, 4) is 0 Å². The summed E-state index contributed by atoms with van der Waals surface area (Å²) in [5, 5.41) is 2.60. The molecule has 2 aliphatic rings. The van der Waals surface area contributed by atoms with Gasteiger partial charge in [-0.3, -0.25) is 4.79 Å². The summed E-state index contributed by atoms with van der Waals surface area (Å²) in [6.45, 7) is 0.956. The lowest BCUT2D eigenvalue weighted by molar-refractivity contribution is -0.138. The predicted octanol–water partition coefficient (Wildman–Crippen LogP) is 2.81. The molecule has 2 fully saturated rings. The number of rotatable bonds is 1. The molecular weight excluding hydrogens is 325 g/mol. The summed E-state index contributed by atoms with van der Waals surface area (Å²) in [4.78, 5) is 25.3. The summed E-state index contributed by atoms with van der Waals surface area (Å²) in [5.41, 5.74) is -1.93. The number of hydrogen-bond acceptors (Lipinski definition) is 3. The van der Waals surface area contributed by atoms with Crippen molar-refractivity contribution in [1.29, 1.82) is 0 Å². The maximum absolute atomic E-state index is 13.1. The number of hydrogen-bond donors (Lipinski definition) is 1. The quantitative estimate of drug-likeness (QED) is 0.854. The Hall–Kier alpha value is -2.25. The highest BCUT2D eigenvalue weighted by Crippen LogP contribution is 2.34. The zero-order valence-corrected chi connectivity index (χ0v) is 12.9. The van der Waals surface area contributed by atoms with Crippen molar-refractivity contribution in [3.05, 3.63) is 35.4 Å². The van der Waals surface area contributed by atoms with Gasteiger partial charge in [0, 0.05) is 19.5 Å². The van der Waals surface area contributed by atoms with E-state index in [1.54, 1.807) is 0 Å². The fourth-order valence-electron chi connectivity index (χ4n) is 3.24. The van der Waals surface area contributed by atoms with Gasteiger partial charge in [-0.2, -0.15) is 13.2 Å². The van der Waals surface area contributed by atoms with Crippen LogP contribution in [-0.2, 0) is 10.9 Å². The predicted molar refractivity (Wildman–Crippen MR) is 78.4 cm³/mol. The van der Waals surface area contributed by atoms with Crippen molar-refractivity contribution in [3.63, 3.8) is 0 Å². The van der Waals surface area contributed by atoms with Crippen molar-refractivity contribution in [2.75, 3.05) is 19.6 Å². The molecule has 1 aromatic rings. The molecule has 0 bridgehead atoms. The lowest BCUT2D eigenvalue weighted by Gasteiger charge is -2.25. The fraction of sp³-hybridized carbons (Fsp3) is 0.500. The molecule has 1 aromatic carbocycles. The van der Waals surface area contributed by atoms with Crippen molar-refractivity contribution in [2.45, 2.75) is 31.0 Å². The van der Waals surface area contributed by atoms with Crippen LogP contribution in [0.2, 0.25) is 0 Å². The Morgan fingerprint density at radius 1 is 1.21 bits per heavy atom. The van der Waals surface area contributed by atoms with E-state index in [0.717, 1.165) is 6.07 Å². The average Bonchev–Trinajstić information content (AvgIpc) is 2.77. The molecule has 0 unspecified atom stereocenters. The molecule has 5 nitrogen and oxygen atoms in total. The van der Waals surface area contributed by atoms with Gasteiger partial charge in [-0.25, -0.2) is 4.79 Å². The third kappa shape index (κ3) is 3.18. The standard InChI is InChI=1S/C16H17F3N2O3/c17-16(18,19)12-5-2-1-4-11(12)13(22)21-8-3-6-15(7-9-21)10-20-14(23)24-15/h1-2,4-5H,3,6-10H2,(H,20,23)/t15-/m1/s1. The molecule has 2 saturated heterocycles. The van der Waals surface area contributed by atoms with Crippen molar-refractivity contribution < 1.29 is 27.5 Å². The number of nitrogens with zero attached hydrogens (tertiary/aromatic N) is 1. The topological polar surface area (TPSA) is 58.6 Å². The largest absolute Gasteiger partial charge is 0.441 e. The van der Waals surface area contributed by atoms with Crippen LogP contribution in [0.15, 0.2) is 24.3 Å². The number of ether oxygens (including phenoxy) is 1. The highest BCUT2D eigenvalue weighted by atomic mass is 19.4. The minimum atomic E-state index is -4.58. The minimum Gasteiger partial charge on any atom is -0.441 e. The van der Waals surface area contributed by atoms with Gasteiger partial charge in [0.1, 0.15) is 5.60 Å². The molecule has 1 spiro atoms. The minimum absolute atomic E-state index is 0.250. The van der Waals surface area contributed by atoms with E-state index in [2.05, 4.69) is 5.32 Å². The first kappa shape index (κ1) is 16.6. The van der Waals surface area contributed by atoms with Gasteiger partial charge in [0.25, 0.3) is 5.91 Å². The van der Waals surface area contributed by atoms with E-state index in [9.17, 15) is 22.8 Å². The Morgan fingerprint density at radius 3 is 2.62 bits per heavy atom. The van der Waals surface area contributed by atoms with Crippen LogP contribution in [0.1, 0.15) is 35.2 Å². The van der Waals surface area contributed by atoms with Crippen LogP contribution < -0.4 is 5.32 Å². The zero-order valence-electron chi connectivity index (χ0n) is 12.9. The van der Waals surface area contributed by atoms with E-state index in [1.165, 1.54) is 23.1 Å². The van der Waals surface area contributed by atoms with Crippen LogP contribution in [0, 0.1) is 0 Å².